The van der Waals surface area contributed by atoms with Gasteiger partial charge in [-0.2, -0.15) is 0 Å². The Morgan fingerprint density at radius 3 is 2.60 bits per heavy atom. The van der Waals surface area contributed by atoms with Gasteiger partial charge in [0.1, 0.15) is 5.75 Å². The van der Waals surface area contributed by atoms with Crippen molar-refractivity contribution in [2.75, 3.05) is 24.5 Å². The van der Waals surface area contributed by atoms with E-state index in [4.69, 9.17) is 14.5 Å². The van der Waals surface area contributed by atoms with Gasteiger partial charge in [0.05, 0.1) is 17.9 Å². The molecule has 0 bridgehead atoms. The molecular weight excluding hydrogens is 384 g/mol. The van der Waals surface area contributed by atoms with Crippen molar-refractivity contribution in [1.29, 1.82) is 0 Å². The highest BCUT2D eigenvalue weighted by molar-refractivity contribution is 5.69. The maximum absolute atomic E-state index is 12.7. The first kappa shape index (κ1) is 20.6. The first-order chi connectivity index (χ1) is 14.4. The van der Waals surface area contributed by atoms with E-state index in [0.29, 0.717) is 37.8 Å². The van der Waals surface area contributed by atoms with Crippen LogP contribution in [-0.2, 0) is 29.0 Å². The van der Waals surface area contributed by atoms with Gasteiger partial charge in [-0.25, -0.2) is 4.98 Å². The van der Waals surface area contributed by atoms with Crippen LogP contribution in [0.5, 0.6) is 5.75 Å². The topological polar surface area (TPSA) is 87.8 Å². The lowest BCUT2D eigenvalue weighted by molar-refractivity contribution is -0.131. The monoisotopic (exact) mass is 412 g/mol. The molecule has 0 spiro atoms. The number of nitrogens with one attached hydrogen (secondary N) is 1. The molecule has 2 aliphatic heterocycles. The van der Waals surface area contributed by atoms with Gasteiger partial charge >= 0.3 is 5.97 Å². The number of esters is 1. The van der Waals surface area contributed by atoms with E-state index in [0.717, 1.165) is 29.9 Å². The average molecular weight is 412 g/mol. The molecule has 3 heterocycles. The van der Waals surface area contributed by atoms with Crippen LogP contribution in [0.25, 0.3) is 0 Å². The molecule has 1 saturated heterocycles. The maximum Gasteiger partial charge on any atom is 0.308 e. The fourth-order valence-electron chi connectivity index (χ4n) is 4.20. The van der Waals surface area contributed by atoms with Crippen LogP contribution in [0.1, 0.15) is 37.6 Å². The summed E-state index contributed by atoms with van der Waals surface area (Å²) in [5, 5.41) is 0. The van der Waals surface area contributed by atoms with E-state index in [1.165, 1.54) is 6.92 Å². The number of carbonyl (C=O) groups excluding carboxylic acids is 1. The molecule has 0 aliphatic carbocycles. The van der Waals surface area contributed by atoms with Gasteiger partial charge in [0.2, 0.25) is 5.95 Å². The number of morpholine rings is 1. The highest BCUT2D eigenvalue weighted by Gasteiger charge is 2.27. The summed E-state index contributed by atoms with van der Waals surface area (Å²) in [5.41, 5.74) is 2.72. The number of hydrogen-bond acceptors (Lipinski definition) is 7. The van der Waals surface area contributed by atoms with Crippen molar-refractivity contribution < 1.29 is 14.3 Å². The summed E-state index contributed by atoms with van der Waals surface area (Å²) in [7, 11) is 0. The summed E-state index contributed by atoms with van der Waals surface area (Å²) in [4.78, 5) is 35.9. The third-order valence-corrected chi connectivity index (χ3v) is 5.45. The number of rotatable bonds is 4. The van der Waals surface area contributed by atoms with Gasteiger partial charge < -0.3 is 14.4 Å². The first-order valence-electron chi connectivity index (χ1n) is 10.4. The number of hydrogen-bond donors (Lipinski definition) is 1. The van der Waals surface area contributed by atoms with E-state index in [1.807, 2.05) is 26.0 Å². The van der Waals surface area contributed by atoms with Crippen LogP contribution >= 0.6 is 0 Å². The van der Waals surface area contributed by atoms with Crippen LogP contribution in [0.15, 0.2) is 29.1 Å². The molecule has 8 heteroatoms. The molecule has 8 nitrogen and oxygen atoms in total. The van der Waals surface area contributed by atoms with Crippen molar-refractivity contribution in [3.8, 4) is 5.75 Å². The predicted octanol–water partition coefficient (Wildman–Crippen LogP) is 1.87. The van der Waals surface area contributed by atoms with Gasteiger partial charge in [-0.1, -0.05) is 12.1 Å². The number of ether oxygens (including phenoxy) is 2. The normalized spacial score (nSPS) is 21.9. The Kier molecular flexibility index (Phi) is 5.87. The Labute approximate surface area is 175 Å². The van der Waals surface area contributed by atoms with Crippen molar-refractivity contribution in [2.24, 2.45) is 0 Å². The van der Waals surface area contributed by atoms with Crippen LogP contribution in [0.2, 0.25) is 0 Å². The highest BCUT2D eigenvalue weighted by Crippen LogP contribution is 2.21. The molecular formula is C22H28N4O4. The van der Waals surface area contributed by atoms with Gasteiger partial charge in [-0.15, -0.1) is 0 Å². The molecule has 1 aromatic carbocycles. The third kappa shape index (κ3) is 4.71. The zero-order chi connectivity index (χ0) is 21.3. The highest BCUT2D eigenvalue weighted by atomic mass is 16.5. The summed E-state index contributed by atoms with van der Waals surface area (Å²) in [6.45, 7) is 9.06. The third-order valence-electron chi connectivity index (χ3n) is 5.45. The number of nitrogens with zero attached hydrogens (tertiary/aromatic N) is 3. The lowest BCUT2D eigenvalue weighted by atomic mass is 10.1. The van der Waals surface area contributed by atoms with E-state index in [1.54, 1.807) is 12.1 Å². The smallest absolute Gasteiger partial charge is 0.308 e. The quantitative estimate of drug-likeness (QED) is 0.606. The lowest BCUT2D eigenvalue weighted by Gasteiger charge is -2.36. The summed E-state index contributed by atoms with van der Waals surface area (Å²) in [5.74, 6) is 0.849. The van der Waals surface area contributed by atoms with Crippen molar-refractivity contribution >= 4 is 11.9 Å². The van der Waals surface area contributed by atoms with Gasteiger partial charge in [0.25, 0.3) is 5.56 Å². The van der Waals surface area contributed by atoms with Gasteiger partial charge in [0.15, 0.2) is 0 Å². The van der Waals surface area contributed by atoms with Crippen LogP contribution in [0.4, 0.5) is 5.95 Å². The SMILES string of the molecule is CC(=O)Oc1ccc(CN2CCc3c(nc(N4C[C@@H](C)O[C@@H](C)C4)[nH]c3=O)C2)cc1. The molecule has 0 saturated carbocycles. The largest absolute Gasteiger partial charge is 0.427 e. The minimum atomic E-state index is -0.327. The molecule has 0 radical (unpaired) electrons. The van der Waals surface area contributed by atoms with Gasteiger partial charge in [0, 0.05) is 45.2 Å². The molecule has 1 N–H and O–H groups in total. The Bertz CT molecular complexity index is 962. The van der Waals surface area contributed by atoms with E-state index in [-0.39, 0.29) is 23.7 Å². The maximum atomic E-state index is 12.7. The van der Waals surface area contributed by atoms with Crippen molar-refractivity contribution in [1.82, 2.24) is 14.9 Å². The van der Waals surface area contributed by atoms with E-state index in [2.05, 4.69) is 14.8 Å². The second-order valence-electron chi connectivity index (χ2n) is 8.18. The molecule has 160 valence electrons. The van der Waals surface area contributed by atoms with Crippen LogP contribution in [0.3, 0.4) is 0 Å². The number of benzene rings is 1. The molecule has 4 rings (SSSR count). The Morgan fingerprint density at radius 1 is 1.23 bits per heavy atom. The fraction of sp³-hybridized carbons (Fsp3) is 0.500. The first-order valence-corrected chi connectivity index (χ1v) is 10.4. The summed E-state index contributed by atoms with van der Waals surface area (Å²) in [6, 6.07) is 7.52. The number of H-pyrrole nitrogens is 1. The molecule has 2 atom stereocenters. The molecule has 1 aromatic heterocycles. The number of anilines is 1. The molecule has 0 amide bonds. The van der Waals surface area contributed by atoms with E-state index < -0.39 is 0 Å². The molecule has 1 fully saturated rings. The van der Waals surface area contributed by atoms with E-state index >= 15 is 0 Å². The number of fused-ring (bicyclic) bond motifs is 1. The average Bonchev–Trinajstić information content (AvgIpc) is 2.68. The second kappa shape index (κ2) is 8.57. The number of carbonyl (C=O) groups is 1. The standard InChI is InChI=1S/C22H28N4O4/c1-14-10-26(11-15(2)29-14)22-23-20-13-25(9-8-19(20)21(28)24-22)12-17-4-6-18(7-5-17)30-16(3)27/h4-7,14-15H,8-13H2,1-3H3,(H,23,24,28)/t14-,15+. The van der Waals surface area contributed by atoms with E-state index in [9.17, 15) is 9.59 Å². The number of aromatic amines is 1. The summed E-state index contributed by atoms with van der Waals surface area (Å²) >= 11 is 0. The summed E-state index contributed by atoms with van der Waals surface area (Å²) < 4.78 is 10.9. The minimum absolute atomic E-state index is 0.0350. The predicted molar refractivity (Wildman–Crippen MR) is 113 cm³/mol. The zero-order valence-electron chi connectivity index (χ0n) is 17.7. The van der Waals surface area contributed by atoms with Gasteiger partial charge in [-0.3, -0.25) is 19.5 Å². The summed E-state index contributed by atoms with van der Waals surface area (Å²) in [6.07, 6.45) is 0.877. The Balaban J connectivity index is 1.48. The molecule has 2 aromatic rings. The fourth-order valence-corrected chi connectivity index (χ4v) is 4.20. The Hall–Kier alpha value is -2.71. The van der Waals surface area contributed by atoms with Gasteiger partial charge in [-0.05, 0) is 38.0 Å². The van der Waals surface area contributed by atoms with Crippen LogP contribution < -0.4 is 15.2 Å². The minimum Gasteiger partial charge on any atom is -0.427 e. The molecule has 2 aliphatic rings. The van der Waals surface area contributed by atoms with Crippen molar-refractivity contribution in [2.45, 2.75) is 52.5 Å². The van der Waals surface area contributed by atoms with Crippen molar-refractivity contribution in [3.05, 3.63) is 51.4 Å². The van der Waals surface area contributed by atoms with Crippen molar-refractivity contribution in [3.63, 3.8) is 0 Å². The number of aromatic nitrogens is 2. The molecule has 30 heavy (non-hydrogen) atoms. The lowest BCUT2D eigenvalue weighted by Crippen LogP contribution is -2.47. The van der Waals surface area contributed by atoms with Crippen LogP contribution in [-0.4, -0.2) is 52.7 Å². The Morgan fingerprint density at radius 2 is 1.93 bits per heavy atom. The zero-order valence-corrected chi connectivity index (χ0v) is 17.7. The second-order valence-corrected chi connectivity index (χ2v) is 8.18. The van der Waals surface area contributed by atoms with Crippen LogP contribution in [0, 0.1) is 0 Å². The molecule has 0 unspecified atom stereocenters.